The second-order valence-corrected chi connectivity index (χ2v) is 9.95. The number of hydrogen-bond acceptors (Lipinski definition) is 1. The summed E-state index contributed by atoms with van der Waals surface area (Å²) in [5, 5.41) is 0. The number of hydrogen-bond donors (Lipinski definition) is 0. The molecule has 5 rings (SSSR count). The lowest BCUT2D eigenvalue weighted by atomic mass is 9.95. The van der Waals surface area contributed by atoms with Gasteiger partial charge in [-0.05, 0) is 71.6 Å². The predicted molar refractivity (Wildman–Crippen MR) is 143 cm³/mol. The lowest BCUT2D eigenvalue weighted by molar-refractivity contribution is -0.189. The van der Waals surface area contributed by atoms with Gasteiger partial charge in [-0.1, -0.05) is 42.0 Å². The molecule has 0 aliphatic rings. The van der Waals surface area contributed by atoms with Gasteiger partial charge in [0.25, 0.3) is 0 Å². The number of alkyl halides is 5. The summed E-state index contributed by atoms with van der Waals surface area (Å²) in [4.78, 5) is 0. The molecule has 5 aromatic carbocycles. The first-order valence-corrected chi connectivity index (χ1v) is 12.8. The lowest BCUT2D eigenvalue weighted by Crippen LogP contribution is -2.25. The zero-order chi connectivity index (χ0) is 32.8. The number of halogens is 11. The molecule has 0 radical (unpaired) electrons. The van der Waals surface area contributed by atoms with Crippen LogP contribution in [0.3, 0.4) is 0 Å². The summed E-state index contributed by atoms with van der Waals surface area (Å²) >= 11 is 0. The van der Waals surface area contributed by atoms with Crippen molar-refractivity contribution in [1.82, 2.24) is 0 Å². The van der Waals surface area contributed by atoms with E-state index >= 15 is 13.2 Å². The SMILES string of the molecule is Cc1ccc(-c2ccc(-c3cc(F)c(-c4cc(F)c(C(F)(F)Oc5ccc(C(F)(F)F)c(F)c5)c(F)c4)c(F)c3)c(F)c2)cc1. The van der Waals surface area contributed by atoms with Gasteiger partial charge >= 0.3 is 12.3 Å². The normalized spacial score (nSPS) is 12.0. The van der Waals surface area contributed by atoms with Crippen LogP contribution in [0.5, 0.6) is 5.75 Å². The molecular formula is C33H17F11O. The highest BCUT2D eigenvalue weighted by atomic mass is 19.4. The molecule has 0 aliphatic carbocycles. The summed E-state index contributed by atoms with van der Waals surface area (Å²) in [6.07, 6.45) is -10.1. The second-order valence-electron chi connectivity index (χ2n) is 9.95. The molecule has 0 aromatic heterocycles. The van der Waals surface area contributed by atoms with Crippen molar-refractivity contribution in [3.05, 3.63) is 137 Å². The van der Waals surface area contributed by atoms with Crippen LogP contribution in [0.2, 0.25) is 0 Å². The Kier molecular flexibility index (Phi) is 8.11. The number of aryl methyl sites for hydroxylation is 1. The monoisotopic (exact) mass is 638 g/mol. The molecule has 0 N–H and O–H groups in total. The van der Waals surface area contributed by atoms with Gasteiger partial charge < -0.3 is 4.74 Å². The first-order chi connectivity index (χ1) is 21.0. The highest BCUT2D eigenvalue weighted by Crippen LogP contribution is 2.40. The molecule has 0 amide bonds. The first-order valence-electron chi connectivity index (χ1n) is 12.8. The second kappa shape index (κ2) is 11.6. The molecule has 12 heteroatoms. The van der Waals surface area contributed by atoms with Crippen molar-refractivity contribution < 1.29 is 53.0 Å². The van der Waals surface area contributed by atoms with Gasteiger partial charge in [-0.15, -0.1) is 0 Å². The molecule has 0 bridgehead atoms. The van der Waals surface area contributed by atoms with Crippen LogP contribution >= 0.6 is 0 Å². The van der Waals surface area contributed by atoms with E-state index in [1.807, 2.05) is 19.1 Å². The fourth-order valence-corrected chi connectivity index (χ4v) is 4.66. The third kappa shape index (κ3) is 6.36. The van der Waals surface area contributed by atoms with Gasteiger partial charge in [0.2, 0.25) is 0 Å². The van der Waals surface area contributed by atoms with Gasteiger partial charge in [0.05, 0.1) is 11.1 Å². The summed E-state index contributed by atoms with van der Waals surface area (Å²) in [6, 6.07) is 13.2. The van der Waals surface area contributed by atoms with E-state index in [0.29, 0.717) is 29.3 Å². The van der Waals surface area contributed by atoms with Crippen molar-refractivity contribution in [2.24, 2.45) is 0 Å². The Morgan fingerprint density at radius 2 is 1.02 bits per heavy atom. The third-order valence-corrected chi connectivity index (χ3v) is 6.82. The molecule has 232 valence electrons. The van der Waals surface area contributed by atoms with E-state index < -0.39 is 75.2 Å². The van der Waals surface area contributed by atoms with Gasteiger partial charge in [0.15, 0.2) is 0 Å². The van der Waals surface area contributed by atoms with E-state index in [-0.39, 0.29) is 35.4 Å². The Labute approximate surface area is 248 Å². The molecule has 0 fully saturated rings. The maximum atomic E-state index is 15.1. The Bertz CT molecular complexity index is 1870. The van der Waals surface area contributed by atoms with Crippen LogP contribution in [0.15, 0.2) is 84.9 Å². The summed E-state index contributed by atoms with van der Waals surface area (Å²) in [5.74, 6) is -10.9. The van der Waals surface area contributed by atoms with Crippen molar-refractivity contribution in [2.45, 2.75) is 19.2 Å². The summed E-state index contributed by atoms with van der Waals surface area (Å²) in [5.41, 5.74) is -4.01. The van der Waals surface area contributed by atoms with E-state index in [4.69, 9.17) is 0 Å². The van der Waals surface area contributed by atoms with Crippen LogP contribution < -0.4 is 4.74 Å². The van der Waals surface area contributed by atoms with Crippen LogP contribution in [-0.2, 0) is 12.3 Å². The molecule has 0 unspecified atom stereocenters. The van der Waals surface area contributed by atoms with Crippen LogP contribution in [0.25, 0.3) is 33.4 Å². The fourth-order valence-electron chi connectivity index (χ4n) is 4.66. The van der Waals surface area contributed by atoms with Gasteiger partial charge in [0.1, 0.15) is 46.2 Å². The minimum atomic E-state index is -5.15. The van der Waals surface area contributed by atoms with Crippen molar-refractivity contribution in [3.8, 4) is 39.1 Å². The van der Waals surface area contributed by atoms with E-state index in [2.05, 4.69) is 4.74 Å². The Balaban J connectivity index is 1.45. The molecule has 0 saturated heterocycles. The quantitative estimate of drug-likeness (QED) is 0.168. The molecule has 0 heterocycles. The van der Waals surface area contributed by atoms with E-state index in [1.54, 1.807) is 12.1 Å². The average Bonchev–Trinajstić information content (AvgIpc) is 2.91. The van der Waals surface area contributed by atoms with Crippen molar-refractivity contribution in [2.75, 3.05) is 0 Å². The van der Waals surface area contributed by atoms with Gasteiger partial charge in [-0.3, -0.25) is 0 Å². The van der Waals surface area contributed by atoms with Crippen LogP contribution in [0, 0.1) is 41.8 Å². The predicted octanol–water partition coefficient (Wildman–Crippen LogP) is 11.0. The van der Waals surface area contributed by atoms with Gasteiger partial charge in [-0.25, -0.2) is 26.3 Å². The Morgan fingerprint density at radius 1 is 0.489 bits per heavy atom. The molecule has 5 aromatic rings. The van der Waals surface area contributed by atoms with E-state index in [9.17, 15) is 35.1 Å². The maximum absolute atomic E-state index is 15.1. The van der Waals surface area contributed by atoms with E-state index in [0.717, 1.165) is 11.6 Å². The highest BCUT2D eigenvalue weighted by Gasteiger charge is 2.42. The van der Waals surface area contributed by atoms with Crippen molar-refractivity contribution in [1.29, 1.82) is 0 Å². The van der Waals surface area contributed by atoms with Crippen LogP contribution in [0.1, 0.15) is 16.7 Å². The van der Waals surface area contributed by atoms with Gasteiger partial charge in [-0.2, -0.15) is 22.0 Å². The minimum absolute atomic E-state index is 0.0495. The number of rotatable bonds is 6. The first kappa shape index (κ1) is 31.6. The van der Waals surface area contributed by atoms with Crippen LogP contribution in [0.4, 0.5) is 48.3 Å². The lowest BCUT2D eigenvalue weighted by Gasteiger charge is -2.20. The third-order valence-electron chi connectivity index (χ3n) is 6.82. The largest absolute Gasteiger partial charge is 0.432 e. The number of ether oxygens (including phenoxy) is 1. The smallest absolute Gasteiger partial charge is 0.429 e. The molecule has 0 saturated carbocycles. The summed E-state index contributed by atoms with van der Waals surface area (Å²) < 4.78 is 160. The molecule has 0 spiro atoms. The van der Waals surface area contributed by atoms with Crippen molar-refractivity contribution in [3.63, 3.8) is 0 Å². The Morgan fingerprint density at radius 3 is 1.56 bits per heavy atom. The zero-order valence-corrected chi connectivity index (χ0v) is 22.6. The average molecular weight is 638 g/mol. The molecule has 0 atom stereocenters. The molecular weight excluding hydrogens is 621 g/mol. The standard InChI is InChI=1S/C33H17F11O/c1-16-2-4-17(5-3-16)18-6-8-22(24(34)10-18)19-11-26(36)30(27(37)12-19)20-13-28(38)31(29(39)14-20)33(43,44)45-21-7-9-23(25(35)15-21)32(40,41)42/h2-15H,1H3. The Hall–Kier alpha value is -4.87. The zero-order valence-electron chi connectivity index (χ0n) is 22.6. The fraction of sp³-hybridized carbons (Fsp3) is 0.0909. The van der Waals surface area contributed by atoms with Gasteiger partial charge in [0, 0.05) is 11.6 Å². The molecule has 1 nitrogen and oxygen atoms in total. The summed E-state index contributed by atoms with van der Waals surface area (Å²) in [6.45, 7) is 1.87. The topological polar surface area (TPSA) is 9.23 Å². The van der Waals surface area contributed by atoms with E-state index in [1.165, 1.54) is 12.1 Å². The minimum Gasteiger partial charge on any atom is -0.429 e. The maximum Gasteiger partial charge on any atom is 0.432 e. The van der Waals surface area contributed by atoms with Crippen molar-refractivity contribution >= 4 is 0 Å². The summed E-state index contributed by atoms with van der Waals surface area (Å²) in [7, 11) is 0. The molecule has 45 heavy (non-hydrogen) atoms. The number of benzene rings is 5. The molecule has 0 aliphatic heterocycles. The highest BCUT2D eigenvalue weighted by molar-refractivity contribution is 5.75. The van der Waals surface area contributed by atoms with Crippen LogP contribution in [-0.4, -0.2) is 0 Å².